The van der Waals surface area contributed by atoms with Crippen LogP contribution in [0, 0.1) is 0 Å². The third-order valence-electron chi connectivity index (χ3n) is 5.66. The van der Waals surface area contributed by atoms with Gasteiger partial charge in [-0.3, -0.25) is 14.7 Å². The summed E-state index contributed by atoms with van der Waals surface area (Å²) >= 11 is 0. The lowest BCUT2D eigenvalue weighted by atomic mass is 10.0. The average Bonchev–Trinajstić information content (AvgIpc) is 2.75. The number of rotatable bonds is 7. The molecule has 1 aliphatic heterocycles. The Hall–Kier alpha value is -2.60. The van der Waals surface area contributed by atoms with Crippen LogP contribution in [0.4, 0.5) is 0 Å². The van der Waals surface area contributed by atoms with Gasteiger partial charge in [0.05, 0.1) is 6.54 Å². The normalized spacial score (nSPS) is 15.9. The summed E-state index contributed by atoms with van der Waals surface area (Å²) in [6.45, 7) is 6.07. The van der Waals surface area contributed by atoms with Crippen molar-refractivity contribution in [3.05, 3.63) is 48.0 Å². The highest BCUT2D eigenvalue weighted by molar-refractivity contribution is 5.85. The summed E-state index contributed by atoms with van der Waals surface area (Å²) in [6, 6.07) is 15.4. The van der Waals surface area contributed by atoms with Gasteiger partial charge in [-0.1, -0.05) is 42.5 Å². The Balaban J connectivity index is 1.52. The molecule has 6 nitrogen and oxygen atoms in total. The van der Waals surface area contributed by atoms with Crippen molar-refractivity contribution >= 4 is 22.6 Å². The second-order valence-electron chi connectivity index (χ2n) is 8.13. The maximum Gasteiger partial charge on any atom is 0.236 e. The second kappa shape index (κ2) is 11.0. The van der Waals surface area contributed by atoms with Crippen LogP contribution in [0.2, 0.25) is 0 Å². The van der Waals surface area contributed by atoms with Gasteiger partial charge in [-0.15, -0.1) is 0 Å². The summed E-state index contributed by atoms with van der Waals surface area (Å²) in [7, 11) is 3.63. The molecule has 0 aromatic heterocycles. The average molecular weight is 410 g/mol. The Morgan fingerprint density at radius 1 is 1.13 bits per heavy atom. The maximum absolute atomic E-state index is 11.9. The molecule has 0 atom stereocenters. The van der Waals surface area contributed by atoms with Crippen molar-refractivity contribution in [2.45, 2.75) is 32.2 Å². The van der Waals surface area contributed by atoms with Gasteiger partial charge in [0.1, 0.15) is 0 Å². The summed E-state index contributed by atoms with van der Waals surface area (Å²) in [4.78, 5) is 20.6. The van der Waals surface area contributed by atoms with E-state index < -0.39 is 0 Å². The van der Waals surface area contributed by atoms with Gasteiger partial charge in [0.15, 0.2) is 5.96 Å². The van der Waals surface area contributed by atoms with Crippen molar-refractivity contribution in [1.29, 1.82) is 0 Å². The van der Waals surface area contributed by atoms with Gasteiger partial charge in [0.25, 0.3) is 0 Å². The van der Waals surface area contributed by atoms with E-state index in [0.717, 1.165) is 51.4 Å². The van der Waals surface area contributed by atoms with Crippen LogP contribution in [-0.2, 0) is 11.2 Å². The fourth-order valence-electron chi connectivity index (χ4n) is 3.88. The molecule has 2 aromatic carbocycles. The Bertz CT molecular complexity index is 850. The molecule has 162 valence electrons. The Morgan fingerprint density at radius 3 is 2.60 bits per heavy atom. The largest absolute Gasteiger partial charge is 0.357 e. The van der Waals surface area contributed by atoms with Crippen molar-refractivity contribution in [3.63, 3.8) is 0 Å². The van der Waals surface area contributed by atoms with Gasteiger partial charge in [-0.2, -0.15) is 0 Å². The van der Waals surface area contributed by atoms with E-state index in [1.54, 1.807) is 4.90 Å². The van der Waals surface area contributed by atoms with Gasteiger partial charge < -0.3 is 15.5 Å². The molecule has 1 heterocycles. The fraction of sp³-hybridized carbons (Fsp3) is 0.500. The number of fused-ring (bicyclic) bond motifs is 1. The molecule has 1 saturated heterocycles. The molecule has 0 saturated carbocycles. The quantitative estimate of drug-likeness (QED) is 0.545. The predicted molar refractivity (Wildman–Crippen MR) is 125 cm³/mol. The van der Waals surface area contributed by atoms with E-state index in [4.69, 9.17) is 4.99 Å². The molecule has 3 rings (SSSR count). The molecule has 2 aromatic rings. The Labute approximate surface area is 180 Å². The van der Waals surface area contributed by atoms with Crippen LogP contribution in [0.15, 0.2) is 47.5 Å². The van der Waals surface area contributed by atoms with Gasteiger partial charge in [-0.05, 0) is 42.5 Å². The maximum atomic E-state index is 11.9. The number of amides is 1. The van der Waals surface area contributed by atoms with Crippen LogP contribution in [0.25, 0.3) is 10.8 Å². The number of aliphatic imine (C=N–C) groups is 1. The number of hydrogen-bond acceptors (Lipinski definition) is 3. The molecule has 0 spiro atoms. The molecule has 0 bridgehead atoms. The third-order valence-corrected chi connectivity index (χ3v) is 5.66. The smallest absolute Gasteiger partial charge is 0.236 e. The van der Waals surface area contributed by atoms with Crippen molar-refractivity contribution in [1.82, 2.24) is 20.4 Å². The SMILES string of the molecule is CCNC(=NCCc1cccc2ccccc12)NC1CCN(CC(=O)N(C)C)CC1. The molecule has 2 N–H and O–H groups in total. The number of piperidine rings is 1. The van der Waals surface area contributed by atoms with Crippen LogP contribution < -0.4 is 10.6 Å². The Kier molecular flexibility index (Phi) is 8.08. The number of carbonyl (C=O) groups excluding carboxylic acids is 1. The summed E-state index contributed by atoms with van der Waals surface area (Å²) in [5.74, 6) is 1.06. The molecule has 1 fully saturated rings. The van der Waals surface area contributed by atoms with E-state index in [2.05, 4.69) is 64.9 Å². The summed E-state index contributed by atoms with van der Waals surface area (Å²) in [5, 5.41) is 9.56. The molecular weight excluding hydrogens is 374 g/mol. The zero-order chi connectivity index (χ0) is 21.3. The lowest BCUT2D eigenvalue weighted by molar-refractivity contribution is -0.130. The summed E-state index contributed by atoms with van der Waals surface area (Å²) < 4.78 is 0. The number of benzene rings is 2. The number of nitrogens with one attached hydrogen (secondary N) is 2. The first-order valence-corrected chi connectivity index (χ1v) is 11.0. The van der Waals surface area contributed by atoms with Crippen LogP contribution >= 0.6 is 0 Å². The highest BCUT2D eigenvalue weighted by Gasteiger charge is 2.22. The number of likely N-dealkylation sites (N-methyl/N-ethyl adjacent to an activating group) is 1. The molecule has 0 radical (unpaired) electrons. The van der Waals surface area contributed by atoms with Gasteiger partial charge >= 0.3 is 0 Å². The minimum absolute atomic E-state index is 0.171. The van der Waals surface area contributed by atoms with Crippen LogP contribution in [0.5, 0.6) is 0 Å². The third kappa shape index (κ3) is 6.20. The first-order chi connectivity index (χ1) is 14.6. The minimum Gasteiger partial charge on any atom is -0.357 e. The number of hydrogen-bond donors (Lipinski definition) is 2. The molecule has 30 heavy (non-hydrogen) atoms. The first-order valence-electron chi connectivity index (χ1n) is 11.0. The van der Waals surface area contributed by atoms with E-state index in [0.29, 0.717) is 12.6 Å². The van der Waals surface area contributed by atoms with Crippen molar-refractivity contribution in [2.75, 3.05) is 46.8 Å². The van der Waals surface area contributed by atoms with Crippen molar-refractivity contribution in [2.24, 2.45) is 4.99 Å². The standard InChI is InChI=1S/C24H35N5O/c1-4-25-24(27-21-13-16-29(17-14-21)18-23(30)28(2)3)26-15-12-20-10-7-9-19-8-5-6-11-22(19)20/h5-11,21H,4,12-18H2,1-3H3,(H2,25,26,27). The number of carbonyl (C=O) groups is 1. The van der Waals surface area contributed by atoms with Crippen LogP contribution in [-0.4, -0.2) is 74.5 Å². The molecule has 1 aliphatic rings. The van der Waals surface area contributed by atoms with Crippen LogP contribution in [0.1, 0.15) is 25.3 Å². The number of nitrogens with zero attached hydrogens (tertiary/aromatic N) is 3. The van der Waals surface area contributed by atoms with E-state index in [1.165, 1.54) is 16.3 Å². The highest BCUT2D eigenvalue weighted by Crippen LogP contribution is 2.19. The monoisotopic (exact) mass is 409 g/mol. The first kappa shape index (κ1) is 22.1. The zero-order valence-electron chi connectivity index (χ0n) is 18.5. The van der Waals surface area contributed by atoms with E-state index in [-0.39, 0.29) is 5.91 Å². The molecule has 0 unspecified atom stereocenters. The summed E-state index contributed by atoms with van der Waals surface area (Å²) in [5.41, 5.74) is 1.34. The number of guanidine groups is 1. The van der Waals surface area contributed by atoms with E-state index in [9.17, 15) is 4.79 Å². The summed E-state index contributed by atoms with van der Waals surface area (Å²) in [6.07, 6.45) is 2.96. The van der Waals surface area contributed by atoms with Crippen molar-refractivity contribution < 1.29 is 4.79 Å². The van der Waals surface area contributed by atoms with Gasteiger partial charge in [0, 0.05) is 46.3 Å². The van der Waals surface area contributed by atoms with E-state index in [1.807, 2.05) is 14.1 Å². The van der Waals surface area contributed by atoms with Crippen LogP contribution in [0.3, 0.4) is 0 Å². The molecule has 1 amide bonds. The van der Waals surface area contributed by atoms with E-state index >= 15 is 0 Å². The second-order valence-corrected chi connectivity index (χ2v) is 8.13. The topological polar surface area (TPSA) is 60.0 Å². The Morgan fingerprint density at radius 2 is 1.87 bits per heavy atom. The van der Waals surface area contributed by atoms with Gasteiger partial charge in [-0.25, -0.2) is 0 Å². The fourth-order valence-corrected chi connectivity index (χ4v) is 3.88. The highest BCUT2D eigenvalue weighted by atomic mass is 16.2. The molecular formula is C24H35N5O. The van der Waals surface area contributed by atoms with Crippen molar-refractivity contribution in [3.8, 4) is 0 Å². The molecule has 6 heteroatoms. The van der Waals surface area contributed by atoms with Gasteiger partial charge in [0.2, 0.25) is 5.91 Å². The number of likely N-dealkylation sites (tertiary alicyclic amines) is 1. The zero-order valence-corrected chi connectivity index (χ0v) is 18.5. The molecule has 0 aliphatic carbocycles. The lowest BCUT2D eigenvalue weighted by Crippen LogP contribution is -2.50. The predicted octanol–water partition coefficient (Wildman–Crippen LogP) is 2.49. The minimum atomic E-state index is 0.171. The lowest BCUT2D eigenvalue weighted by Gasteiger charge is -2.33.